The summed E-state index contributed by atoms with van der Waals surface area (Å²) >= 11 is 0. The van der Waals surface area contributed by atoms with Gasteiger partial charge in [-0.1, -0.05) is 35.4 Å². The molecule has 0 bridgehead atoms. The van der Waals surface area contributed by atoms with Gasteiger partial charge in [-0.3, -0.25) is 0 Å². The molecule has 162 valence electrons. The Morgan fingerprint density at radius 3 is 2.58 bits per heavy atom. The Kier molecular flexibility index (Phi) is 6.36. The van der Waals surface area contributed by atoms with Gasteiger partial charge in [-0.05, 0) is 29.8 Å². The van der Waals surface area contributed by atoms with Crippen molar-refractivity contribution < 1.29 is 33.6 Å². The summed E-state index contributed by atoms with van der Waals surface area (Å²) in [5.74, 6) is 0.0214. The Labute approximate surface area is 177 Å². The van der Waals surface area contributed by atoms with Gasteiger partial charge in [-0.15, -0.1) is 0 Å². The van der Waals surface area contributed by atoms with Crippen LogP contribution in [0, 0.1) is 0 Å². The number of aliphatic hydroxyl groups excluding tert-OH is 1. The van der Waals surface area contributed by atoms with Crippen LogP contribution < -0.4 is 4.74 Å². The largest absolute Gasteiger partial charge is 0.497 e. The molecule has 4 rings (SSSR count). The van der Waals surface area contributed by atoms with Crippen LogP contribution in [0.5, 0.6) is 5.75 Å². The SMILES string of the molecule is COc1ccc([C@@H]2OC[C@H]3O[C@@H](OC(=O)c4ccccc4)[C@H](N=[N+]=[N-])[C@@H](O)[C@@H]3O2)cc1. The number of hydrogen-bond donors (Lipinski definition) is 1. The number of ether oxygens (including phenoxy) is 5. The molecular weight excluding hydrogens is 406 g/mol. The van der Waals surface area contributed by atoms with Gasteiger partial charge in [-0.2, -0.15) is 0 Å². The Balaban J connectivity index is 1.49. The molecule has 0 spiro atoms. The van der Waals surface area contributed by atoms with E-state index in [2.05, 4.69) is 10.0 Å². The number of carbonyl (C=O) groups is 1. The molecule has 0 amide bonds. The van der Waals surface area contributed by atoms with Gasteiger partial charge in [0.1, 0.15) is 24.0 Å². The number of azide groups is 1. The fourth-order valence-corrected chi connectivity index (χ4v) is 3.54. The van der Waals surface area contributed by atoms with Crippen molar-refractivity contribution in [1.82, 2.24) is 0 Å². The zero-order valence-electron chi connectivity index (χ0n) is 16.6. The number of benzene rings is 2. The van der Waals surface area contributed by atoms with Crippen molar-refractivity contribution in [1.29, 1.82) is 0 Å². The van der Waals surface area contributed by atoms with Gasteiger partial charge in [0.2, 0.25) is 6.29 Å². The standard InChI is InChI=1S/C21H21N3O7/c1-27-14-9-7-13(8-10-14)20-28-11-15-18(30-20)17(25)16(23-24-22)21(29-15)31-19(26)12-5-3-2-4-6-12/h2-10,15-18,20-21,25H,11H2,1H3/t15-,16-,17-,18-,20-,21+/m1/s1. The Hall–Kier alpha value is -3.14. The average Bonchev–Trinajstić information content (AvgIpc) is 2.82. The van der Waals surface area contributed by atoms with Crippen molar-refractivity contribution in [2.75, 3.05) is 13.7 Å². The van der Waals surface area contributed by atoms with Crippen LogP contribution in [0.25, 0.3) is 10.4 Å². The fourth-order valence-electron chi connectivity index (χ4n) is 3.54. The number of nitrogens with zero attached hydrogens (tertiary/aromatic N) is 3. The normalized spacial score (nSPS) is 29.9. The van der Waals surface area contributed by atoms with Crippen LogP contribution in [-0.4, -0.2) is 55.4 Å². The Morgan fingerprint density at radius 2 is 1.90 bits per heavy atom. The van der Waals surface area contributed by atoms with Crippen molar-refractivity contribution in [3.63, 3.8) is 0 Å². The summed E-state index contributed by atoms with van der Waals surface area (Å²) < 4.78 is 28.0. The lowest BCUT2D eigenvalue weighted by molar-refractivity contribution is -0.334. The maximum absolute atomic E-state index is 12.4. The quantitative estimate of drug-likeness (QED) is 0.336. The third-order valence-corrected chi connectivity index (χ3v) is 5.14. The zero-order chi connectivity index (χ0) is 21.8. The summed E-state index contributed by atoms with van der Waals surface area (Å²) in [6.45, 7) is 0.0841. The van der Waals surface area contributed by atoms with Crippen LogP contribution in [0.15, 0.2) is 59.7 Å². The van der Waals surface area contributed by atoms with Gasteiger partial charge in [-0.25, -0.2) is 4.79 Å². The highest BCUT2D eigenvalue weighted by atomic mass is 16.8. The molecule has 6 atom stereocenters. The summed E-state index contributed by atoms with van der Waals surface area (Å²) in [5, 5.41) is 14.5. The van der Waals surface area contributed by atoms with Crippen LogP contribution in [0.4, 0.5) is 0 Å². The molecule has 0 unspecified atom stereocenters. The van der Waals surface area contributed by atoms with Crippen molar-refractivity contribution in [2.24, 2.45) is 5.11 Å². The number of methoxy groups -OCH3 is 1. The van der Waals surface area contributed by atoms with Gasteiger partial charge in [0.05, 0.1) is 25.4 Å². The minimum absolute atomic E-state index is 0.0841. The molecular formula is C21H21N3O7. The minimum Gasteiger partial charge on any atom is -0.497 e. The predicted octanol–water partition coefficient (Wildman–Crippen LogP) is 2.73. The highest BCUT2D eigenvalue weighted by molar-refractivity contribution is 5.89. The maximum atomic E-state index is 12.4. The first kappa shape index (κ1) is 21.1. The van der Waals surface area contributed by atoms with E-state index in [-0.39, 0.29) is 6.61 Å². The van der Waals surface area contributed by atoms with Crippen LogP contribution in [-0.2, 0) is 18.9 Å². The van der Waals surface area contributed by atoms with Crippen molar-refractivity contribution >= 4 is 5.97 Å². The molecule has 10 heteroatoms. The number of hydrogen-bond acceptors (Lipinski definition) is 8. The first-order chi connectivity index (χ1) is 15.1. The molecule has 2 aromatic rings. The molecule has 2 aliphatic rings. The number of carbonyl (C=O) groups excluding carboxylic acids is 1. The van der Waals surface area contributed by atoms with E-state index < -0.39 is 42.9 Å². The topological polar surface area (TPSA) is 132 Å². The average molecular weight is 427 g/mol. The van der Waals surface area contributed by atoms with E-state index in [9.17, 15) is 9.90 Å². The number of rotatable bonds is 5. The van der Waals surface area contributed by atoms with Gasteiger partial charge in [0.25, 0.3) is 0 Å². The lowest BCUT2D eigenvalue weighted by Gasteiger charge is -2.46. The van der Waals surface area contributed by atoms with Gasteiger partial charge in [0, 0.05) is 10.5 Å². The third-order valence-electron chi connectivity index (χ3n) is 5.14. The third kappa shape index (κ3) is 4.48. The Bertz CT molecular complexity index is 949. The molecule has 1 N–H and O–H groups in total. The first-order valence-electron chi connectivity index (χ1n) is 9.65. The summed E-state index contributed by atoms with van der Waals surface area (Å²) in [4.78, 5) is 15.2. The van der Waals surface area contributed by atoms with E-state index in [1.807, 2.05) is 0 Å². The smallest absolute Gasteiger partial charge is 0.340 e. The molecule has 0 saturated carbocycles. The monoisotopic (exact) mass is 427 g/mol. The van der Waals surface area contributed by atoms with E-state index in [1.165, 1.54) is 0 Å². The number of fused-ring (bicyclic) bond motifs is 1. The predicted molar refractivity (Wildman–Crippen MR) is 106 cm³/mol. The highest BCUT2D eigenvalue weighted by Gasteiger charge is 2.50. The van der Waals surface area contributed by atoms with E-state index in [0.717, 1.165) is 5.56 Å². The molecule has 0 aliphatic carbocycles. The zero-order valence-corrected chi connectivity index (χ0v) is 16.6. The molecule has 2 aromatic carbocycles. The fraction of sp³-hybridized carbons (Fsp3) is 0.381. The van der Waals surface area contributed by atoms with E-state index >= 15 is 0 Å². The molecule has 0 radical (unpaired) electrons. The van der Waals surface area contributed by atoms with Crippen LogP contribution in [0.3, 0.4) is 0 Å². The minimum atomic E-state index is -1.29. The van der Waals surface area contributed by atoms with Crippen LogP contribution in [0.2, 0.25) is 0 Å². The van der Waals surface area contributed by atoms with E-state index in [0.29, 0.717) is 11.3 Å². The van der Waals surface area contributed by atoms with Gasteiger partial charge < -0.3 is 28.8 Å². The molecule has 2 fully saturated rings. The highest BCUT2D eigenvalue weighted by Crippen LogP contribution is 2.36. The maximum Gasteiger partial charge on any atom is 0.340 e. The van der Waals surface area contributed by atoms with Crippen LogP contribution >= 0.6 is 0 Å². The Morgan fingerprint density at radius 1 is 1.16 bits per heavy atom. The molecule has 0 aromatic heterocycles. The second-order valence-electron chi connectivity index (χ2n) is 7.04. The molecule has 2 heterocycles. The second-order valence-corrected chi connectivity index (χ2v) is 7.04. The van der Waals surface area contributed by atoms with E-state index in [1.54, 1.807) is 61.7 Å². The molecule has 2 saturated heterocycles. The van der Waals surface area contributed by atoms with Crippen molar-refractivity contribution in [3.05, 3.63) is 76.2 Å². The van der Waals surface area contributed by atoms with E-state index in [4.69, 9.17) is 29.2 Å². The summed E-state index contributed by atoms with van der Waals surface area (Å²) in [6.07, 6.45) is -4.87. The second kappa shape index (κ2) is 9.34. The summed E-state index contributed by atoms with van der Waals surface area (Å²) in [5.41, 5.74) is 9.98. The lowest BCUT2D eigenvalue weighted by atomic mass is 9.96. The summed E-state index contributed by atoms with van der Waals surface area (Å²) in [7, 11) is 1.57. The molecule has 31 heavy (non-hydrogen) atoms. The van der Waals surface area contributed by atoms with Crippen molar-refractivity contribution in [3.8, 4) is 5.75 Å². The summed E-state index contributed by atoms with van der Waals surface area (Å²) in [6, 6.07) is 14.2. The van der Waals surface area contributed by atoms with Gasteiger partial charge >= 0.3 is 5.97 Å². The first-order valence-corrected chi connectivity index (χ1v) is 9.65. The molecule has 2 aliphatic heterocycles. The van der Waals surface area contributed by atoms with Crippen molar-refractivity contribution in [2.45, 2.75) is 36.9 Å². The molecule has 10 nitrogen and oxygen atoms in total. The number of esters is 1. The van der Waals surface area contributed by atoms with Crippen LogP contribution in [0.1, 0.15) is 22.2 Å². The number of aliphatic hydroxyl groups is 1. The van der Waals surface area contributed by atoms with Gasteiger partial charge in [0.15, 0.2) is 6.29 Å². The lowest BCUT2D eigenvalue weighted by Crippen LogP contribution is -2.61.